The average Bonchev–Trinajstić information content (AvgIpc) is 3.13. The highest BCUT2D eigenvalue weighted by atomic mass is 32.2. The van der Waals surface area contributed by atoms with Gasteiger partial charge in [0.2, 0.25) is 0 Å². The van der Waals surface area contributed by atoms with E-state index in [1.807, 2.05) is 38.2 Å². The van der Waals surface area contributed by atoms with Crippen LogP contribution in [0.2, 0.25) is 0 Å². The van der Waals surface area contributed by atoms with E-state index in [2.05, 4.69) is 15.3 Å². The summed E-state index contributed by atoms with van der Waals surface area (Å²) in [6, 6.07) is 16.3. The highest BCUT2D eigenvalue weighted by Crippen LogP contribution is 2.29. The lowest BCUT2D eigenvalue weighted by atomic mass is 10.1. The summed E-state index contributed by atoms with van der Waals surface area (Å²) in [5.74, 6) is 0. The monoisotopic (exact) mass is 378 g/mol. The van der Waals surface area contributed by atoms with Gasteiger partial charge in [0.05, 0.1) is 10.6 Å². The third kappa shape index (κ3) is 2.96. The van der Waals surface area contributed by atoms with Gasteiger partial charge in [-0.3, -0.25) is 0 Å². The number of aromatic nitrogens is 3. The van der Waals surface area contributed by atoms with E-state index in [0.29, 0.717) is 16.7 Å². The van der Waals surface area contributed by atoms with E-state index in [9.17, 15) is 8.42 Å². The second-order valence-corrected chi connectivity index (χ2v) is 8.03. The molecule has 0 unspecified atom stereocenters. The first-order valence-electron chi connectivity index (χ1n) is 8.43. The average molecular weight is 378 g/mol. The van der Waals surface area contributed by atoms with Crippen LogP contribution in [0.5, 0.6) is 0 Å². The van der Waals surface area contributed by atoms with E-state index in [1.54, 1.807) is 30.3 Å². The van der Waals surface area contributed by atoms with Crippen molar-refractivity contribution in [3.63, 3.8) is 0 Å². The van der Waals surface area contributed by atoms with Gasteiger partial charge in [-0.05, 0) is 37.3 Å². The van der Waals surface area contributed by atoms with Gasteiger partial charge in [0.25, 0.3) is 10.0 Å². The van der Waals surface area contributed by atoms with Gasteiger partial charge in [0, 0.05) is 29.9 Å². The molecule has 136 valence electrons. The Balaban J connectivity index is 1.86. The number of aryl methyl sites for hydroxylation is 1. The Morgan fingerprint density at radius 3 is 2.30 bits per heavy atom. The fraction of sp³-hybridized carbons (Fsp3) is 0.100. The van der Waals surface area contributed by atoms with Gasteiger partial charge < -0.3 is 5.32 Å². The molecule has 0 saturated carbocycles. The Labute approximate surface area is 157 Å². The smallest absolute Gasteiger partial charge is 0.269 e. The molecule has 1 N–H and O–H groups in total. The molecule has 0 bridgehead atoms. The van der Waals surface area contributed by atoms with Crippen molar-refractivity contribution in [2.45, 2.75) is 11.8 Å². The summed E-state index contributed by atoms with van der Waals surface area (Å²) in [6.07, 6.45) is 2.92. The lowest BCUT2D eigenvalue weighted by molar-refractivity contribution is 0.588. The summed E-state index contributed by atoms with van der Waals surface area (Å²) in [7, 11) is -1.88. The molecule has 0 aliphatic rings. The second-order valence-electron chi connectivity index (χ2n) is 6.22. The van der Waals surface area contributed by atoms with Crippen LogP contribution in [-0.4, -0.2) is 29.4 Å². The molecule has 2 aromatic heterocycles. The number of nitrogens with zero attached hydrogens (tertiary/aromatic N) is 3. The lowest BCUT2D eigenvalue weighted by Crippen LogP contribution is -2.12. The molecule has 0 aliphatic carbocycles. The summed E-state index contributed by atoms with van der Waals surface area (Å²) in [4.78, 5) is 8.83. The normalized spacial score (nSPS) is 11.6. The van der Waals surface area contributed by atoms with Gasteiger partial charge in [-0.15, -0.1) is 0 Å². The van der Waals surface area contributed by atoms with E-state index < -0.39 is 10.0 Å². The standard InChI is InChI=1S/C20H18N4O2S/c1-14-3-9-17(10-4-14)27(25,26)24-12-11-18-19(22-13-23-20(18)24)15-5-7-16(21-2)8-6-15/h3-13,21H,1-2H3. The van der Waals surface area contributed by atoms with Crippen LogP contribution in [-0.2, 0) is 10.0 Å². The first kappa shape index (κ1) is 17.2. The molecule has 0 spiro atoms. The van der Waals surface area contributed by atoms with Crippen LogP contribution in [0.25, 0.3) is 22.3 Å². The van der Waals surface area contributed by atoms with Crippen molar-refractivity contribution in [3.05, 3.63) is 72.7 Å². The summed E-state index contributed by atoms with van der Waals surface area (Å²) in [5.41, 5.74) is 3.94. The Hall–Kier alpha value is -3.19. The Bertz CT molecular complexity index is 1210. The molecule has 4 aromatic rings. The maximum Gasteiger partial charge on any atom is 0.269 e. The first-order chi connectivity index (χ1) is 13.0. The minimum atomic E-state index is -3.73. The summed E-state index contributed by atoms with van der Waals surface area (Å²) in [5, 5.41) is 3.76. The molecule has 0 fully saturated rings. The molecule has 6 nitrogen and oxygen atoms in total. The van der Waals surface area contributed by atoms with E-state index in [0.717, 1.165) is 16.8 Å². The number of benzene rings is 2. The zero-order valence-corrected chi connectivity index (χ0v) is 15.7. The molecule has 0 radical (unpaired) electrons. The van der Waals surface area contributed by atoms with Crippen LogP contribution in [0, 0.1) is 6.92 Å². The molecule has 0 atom stereocenters. The molecule has 27 heavy (non-hydrogen) atoms. The van der Waals surface area contributed by atoms with Gasteiger partial charge in [0.15, 0.2) is 5.65 Å². The van der Waals surface area contributed by atoms with Gasteiger partial charge >= 0.3 is 0 Å². The Morgan fingerprint density at radius 1 is 0.926 bits per heavy atom. The minimum Gasteiger partial charge on any atom is -0.388 e. The number of nitrogens with one attached hydrogen (secondary N) is 1. The van der Waals surface area contributed by atoms with Gasteiger partial charge in [-0.25, -0.2) is 22.4 Å². The van der Waals surface area contributed by atoms with E-state index in [-0.39, 0.29) is 4.90 Å². The van der Waals surface area contributed by atoms with Crippen LogP contribution in [0.4, 0.5) is 5.69 Å². The molecule has 0 amide bonds. The largest absolute Gasteiger partial charge is 0.388 e. The predicted octanol–water partition coefficient (Wildman–Crippen LogP) is 3.69. The van der Waals surface area contributed by atoms with Crippen LogP contribution < -0.4 is 5.32 Å². The van der Waals surface area contributed by atoms with Crippen molar-refractivity contribution in [1.29, 1.82) is 0 Å². The topological polar surface area (TPSA) is 76.9 Å². The zero-order chi connectivity index (χ0) is 19.0. The van der Waals surface area contributed by atoms with Gasteiger partial charge in [0.1, 0.15) is 6.33 Å². The minimum absolute atomic E-state index is 0.226. The number of rotatable bonds is 4. The van der Waals surface area contributed by atoms with Crippen molar-refractivity contribution in [2.24, 2.45) is 0 Å². The summed E-state index contributed by atoms with van der Waals surface area (Å²) >= 11 is 0. The maximum absolute atomic E-state index is 13.0. The van der Waals surface area contributed by atoms with Gasteiger partial charge in [-0.2, -0.15) is 0 Å². The van der Waals surface area contributed by atoms with E-state index in [4.69, 9.17) is 0 Å². The molecule has 4 rings (SSSR count). The third-order valence-electron chi connectivity index (χ3n) is 4.47. The van der Waals surface area contributed by atoms with Gasteiger partial charge in [-0.1, -0.05) is 29.8 Å². The Kier molecular flexibility index (Phi) is 4.16. The van der Waals surface area contributed by atoms with Crippen molar-refractivity contribution < 1.29 is 8.42 Å². The molecule has 2 heterocycles. The summed E-state index contributed by atoms with van der Waals surface area (Å²) in [6.45, 7) is 1.92. The molecule has 2 aromatic carbocycles. The number of hydrogen-bond acceptors (Lipinski definition) is 5. The highest BCUT2D eigenvalue weighted by molar-refractivity contribution is 7.90. The SMILES string of the molecule is CNc1ccc(-c2ncnc3c2ccn3S(=O)(=O)c2ccc(C)cc2)cc1. The van der Waals surface area contributed by atoms with Crippen molar-refractivity contribution in [1.82, 2.24) is 13.9 Å². The fourth-order valence-electron chi connectivity index (χ4n) is 2.97. The van der Waals surface area contributed by atoms with Crippen LogP contribution in [0.15, 0.2) is 72.0 Å². The van der Waals surface area contributed by atoms with Crippen LogP contribution in [0.1, 0.15) is 5.56 Å². The van der Waals surface area contributed by atoms with Crippen molar-refractivity contribution in [2.75, 3.05) is 12.4 Å². The maximum atomic E-state index is 13.0. The third-order valence-corrected chi connectivity index (χ3v) is 6.15. The molecule has 0 aliphatic heterocycles. The molecule has 0 saturated heterocycles. The molecular weight excluding hydrogens is 360 g/mol. The lowest BCUT2D eigenvalue weighted by Gasteiger charge is -2.08. The first-order valence-corrected chi connectivity index (χ1v) is 9.87. The summed E-state index contributed by atoms with van der Waals surface area (Å²) < 4.78 is 27.3. The molecular formula is C20H18N4O2S. The van der Waals surface area contributed by atoms with Crippen LogP contribution >= 0.6 is 0 Å². The number of anilines is 1. The fourth-order valence-corrected chi connectivity index (χ4v) is 4.27. The number of fused-ring (bicyclic) bond motifs is 1. The number of hydrogen-bond donors (Lipinski definition) is 1. The zero-order valence-electron chi connectivity index (χ0n) is 14.9. The second kappa shape index (κ2) is 6.51. The Morgan fingerprint density at radius 2 is 1.63 bits per heavy atom. The van der Waals surface area contributed by atoms with Crippen LogP contribution in [0.3, 0.4) is 0 Å². The van der Waals surface area contributed by atoms with E-state index in [1.165, 1.54) is 16.5 Å². The predicted molar refractivity (Wildman–Crippen MR) is 106 cm³/mol. The highest BCUT2D eigenvalue weighted by Gasteiger charge is 2.21. The quantitative estimate of drug-likeness (QED) is 0.586. The van der Waals surface area contributed by atoms with E-state index >= 15 is 0 Å². The molecule has 7 heteroatoms. The van der Waals surface area contributed by atoms with Crippen molar-refractivity contribution >= 4 is 26.7 Å². The van der Waals surface area contributed by atoms with Crippen molar-refractivity contribution in [3.8, 4) is 11.3 Å².